The van der Waals surface area contributed by atoms with Crippen molar-refractivity contribution in [2.24, 2.45) is 0 Å². The molecule has 0 amide bonds. The lowest BCUT2D eigenvalue weighted by Crippen LogP contribution is -2.35. The number of esters is 1. The molecule has 0 fully saturated rings. The van der Waals surface area contributed by atoms with Crippen LogP contribution in [0.3, 0.4) is 0 Å². The van der Waals surface area contributed by atoms with Gasteiger partial charge < -0.3 is 9.22 Å². The Morgan fingerprint density at radius 1 is 1.43 bits per heavy atom. The maximum atomic E-state index is 10.6. The zero-order valence-electron chi connectivity index (χ0n) is 9.55. The molecule has 84 valence electrons. The van der Waals surface area contributed by atoms with E-state index in [1.54, 1.807) is 0 Å². The Morgan fingerprint density at radius 2 is 1.93 bits per heavy atom. The van der Waals surface area contributed by atoms with Crippen LogP contribution >= 0.6 is 11.6 Å². The molecule has 0 atom stereocenters. The third kappa shape index (κ3) is 14.0. The van der Waals surface area contributed by atoms with Crippen LogP contribution in [-0.2, 0) is 9.53 Å². The van der Waals surface area contributed by atoms with Crippen LogP contribution in [0, 0.1) is 0 Å². The monoisotopic (exact) mass is 222 g/mol. The molecule has 0 N–H and O–H groups in total. The van der Waals surface area contributed by atoms with Gasteiger partial charge in [-0.25, -0.2) is 4.79 Å². The summed E-state index contributed by atoms with van der Waals surface area (Å²) in [6.45, 7) is 4.80. The predicted molar refractivity (Wildman–Crippen MR) is 60.4 cm³/mol. The van der Waals surface area contributed by atoms with Crippen LogP contribution in [0.2, 0.25) is 0 Å². The van der Waals surface area contributed by atoms with Crippen molar-refractivity contribution in [1.82, 2.24) is 0 Å². The van der Waals surface area contributed by atoms with E-state index in [1.807, 2.05) is 0 Å². The molecule has 4 heteroatoms. The Hall–Kier alpha value is -0.540. The second kappa shape index (κ2) is 9.03. The number of alkyl halides is 1. The molecule has 0 rings (SSSR count). The first-order valence-electron chi connectivity index (χ1n) is 4.43. The van der Waals surface area contributed by atoms with Crippen LogP contribution in [0.4, 0.5) is 0 Å². The molecule has 0 bridgehead atoms. The molecule has 3 nitrogen and oxygen atoms in total. The maximum Gasteiger partial charge on any atom is 0.330 e. The number of nitrogens with zero attached hydrogens (tertiary/aromatic N) is 1. The van der Waals surface area contributed by atoms with Gasteiger partial charge in [-0.3, -0.25) is 0 Å². The normalized spacial score (nSPS) is 9.79. The minimum atomic E-state index is -0.337. The Bertz CT molecular complexity index is 164. The third-order valence-electron chi connectivity index (χ3n) is 1.38. The van der Waals surface area contributed by atoms with Crippen molar-refractivity contribution in [3.05, 3.63) is 12.7 Å². The van der Waals surface area contributed by atoms with E-state index >= 15 is 0 Å². The van der Waals surface area contributed by atoms with E-state index in [0.29, 0.717) is 6.61 Å². The lowest BCUT2D eigenvalue weighted by atomic mass is 10.4. The zero-order chi connectivity index (χ0) is 11.6. The van der Waals surface area contributed by atoms with Crippen molar-refractivity contribution in [2.75, 3.05) is 40.7 Å². The smallest absolute Gasteiger partial charge is 0.330 e. The quantitative estimate of drug-likeness (QED) is 0.233. The molecule has 0 radical (unpaired) electrons. The number of hydrogen-bond acceptors (Lipinski definition) is 2. The molecular formula is C10H21ClNO2+. The molecule has 0 unspecified atom stereocenters. The largest absolute Gasteiger partial charge is 0.462 e. The summed E-state index contributed by atoms with van der Waals surface area (Å²) in [5.74, 6) is -0.337. The van der Waals surface area contributed by atoms with Crippen LogP contribution in [0.5, 0.6) is 0 Å². The Morgan fingerprint density at radius 3 is 2.29 bits per heavy atom. The van der Waals surface area contributed by atoms with Crippen LogP contribution in [-0.4, -0.2) is 51.1 Å². The van der Waals surface area contributed by atoms with Crippen molar-refractivity contribution in [2.45, 2.75) is 6.42 Å². The molecule has 14 heavy (non-hydrogen) atoms. The van der Waals surface area contributed by atoms with Gasteiger partial charge in [-0.15, -0.1) is 11.6 Å². The molecule has 0 aromatic carbocycles. The van der Waals surface area contributed by atoms with Crippen molar-refractivity contribution >= 4 is 17.6 Å². The van der Waals surface area contributed by atoms with E-state index in [1.165, 1.54) is 12.5 Å². The molecule has 0 spiro atoms. The first-order valence-corrected chi connectivity index (χ1v) is 5.19. The van der Waals surface area contributed by atoms with Gasteiger partial charge in [-0.2, -0.15) is 0 Å². The van der Waals surface area contributed by atoms with E-state index in [9.17, 15) is 4.79 Å². The molecule has 0 saturated carbocycles. The highest BCUT2D eigenvalue weighted by atomic mass is 35.5. The fourth-order valence-corrected chi connectivity index (χ4v) is 0.771. The number of hydrogen-bond donors (Lipinski definition) is 0. The summed E-state index contributed by atoms with van der Waals surface area (Å²) >= 11 is 4.64. The number of quaternary nitrogens is 1. The number of halogens is 1. The van der Waals surface area contributed by atoms with Crippen molar-refractivity contribution < 1.29 is 14.0 Å². The molecule has 0 aliphatic carbocycles. The predicted octanol–water partition coefficient (Wildman–Crippen LogP) is 1.67. The second-order valence-electron chi connectivity index (χ2n) is 3.74. The fourth-order valence-electron chi connectivity index (χ4n) is 0.771. The van der Waals surface area contributed by atoms with E-state index in [-0.39, 0.29) is 5.97 Å². The van der Waals surface area contributed by atoms with Gasteiger partial charge in [-0.05, 0) is 0 Å². The molecule has 0 saturated heterocycles. The van der Waals surface area contributed by atoms with E-state index in [4.69, 9.17) is 4.74 Å². The molecule has 0 aliphatic rings. The third-order valence-corrected chi connectivity index (χ3v) is 1.38. The van der Waals surface area contributed by atoms with Gasteiger partial charge in [0, 0.05) is 18.9 Å². The van der Waals surface area contributed by atoms with E-state index in [0.717, 1.165) is 17.4 Å². The molecule has 0 heterocycles. The number of carbonyl (C=O) groups is 1. The molecule has 0 aliphatic heterocycles. The van der Waals surface area contributed by atoms with Gasteiger partial charge >= 0.3 is 5.97 Å². The van der Waals surface area contributed by atoms with Gasteiger partial charge in [0.15, 0.2) is 0 Å². The molecule has 0 aromatic heterocycles. The minimum absolute atomic E-state index is 0.337. The lowest BCUT2D eigenvalue weighted by Gasteiger charge is -2.23. The first kappa shape index (κ1) is 15.9. The van der Waals surface area contributed by atoms with Crippen LogP contribution in [0.25, 0.3) is 0 Å². The van der Waals surface area contributed by atoms with Crippen LogP contribution < -0.4 is 0 Å². The summed E-state index contributed by atoms with van der Waals surface area (Å²) in [5, 5.41) is 0. The van der Waals surface area contributed by atoms with Gasteiger partial charge in [0.2, 0.25) is 0 Å². The van der Waals surface area contributed by atoms with Gasteiger partial charge in [0.1, 0.15) is 0 Å². The second-order valence-corrected chi connectivity index (χ2v) is 3.74. The van der Waals surface area contributed by atoms with Crippen LogP contribution in [0.1, 0.15) is 6.42 Å². The minimum Gasteiger partial charge on any atom is -0.462 e. The number of rotatable bonds is 5. The number of carbonyl (C=O) groups excluding carboxylic acids is 1. The molecule has 0 aromatic rings. The van der Waals surface area contributed by atoms with Crippen molar-refractivity contribution in [3.63, 3.8) is 0 Å². The average molecular weight is 223 g/mol. The summed E-state index contributed by atoms with van der Waals surface area (Å²) in [6, 6.07) is 0. The summed E-state index contributed by atoms with van der Waals surface area (Å²) < 4.78 is 5.71. The van der Waals surface area contributed by atoms with E-state index in [2.05, 4.69) is 39.3 Å². The standard InChI is InChI=1S/C9H18NO2.CH3Cl/c1-5-9(11)12-8-6-7-10(2,3)4;1-2/h5H,1,6-8H2,2-4H3;1H3/q+1;. The average Bonchev–Trinajstić information content (AvgIpc) is 2.14. The van der Waals surface area contributed by atoms with Crippen molar-refractivity contribution in [3.8, 4) is 0 Å². The summed E-state index contributed by atoms with van der Waals surface area (Å²) in [7, 11) is 6.32. The fraction of sp³-hybridized carbons (Fsp3) is 0.700. The lowest BCUT2D eigenvalue weighted by molar-refractivity contribution is -0.870. The van der Waals surface area contributed by atoms with Crippen molar-refractivity contribution in [1.29, 1.82) is 0 Å². The summed E-state index contributed by atoms with van der Waals surface area (Å²) in [4.78, 5) is 10.6. The highest BCUT2D eigenvalue weighted by Crippen LogP contribution is 1.94. The molecular weight excluding hydrogens is 202 g/mol. The number of ether oxygens (including phenoxy) is 1. The van der Waals surface area contributed by atoms with Gasteiger partial charge in [0.25, 0.3) is 0 Å². The Balaban J connectivity index is 0. The van der Waals surface area contributed by atoms with Gasteiger partial charge in [0.05, 0.1) is 34.3 Å². The van der Waals surface area contributed by atoms with E-state index < -0.39 is 0 Å². The Labute approximate surface area is 91.9 Å². The SMILES string of the molecule is C=CC(=O)OCCC[N+](C)(C)C.CCl. The summed E-state index contributed by atoms with van der Waals surface area (Å²) in [5.41, 5.74) is 0. The maximum absolute atomic E-state index is 10.6. The zero-order valence-corrected chi connectivity index (χ0v) is 10.3. The van der Waals surface area contributed by atoms with Crippen LogP contribution in [0.15, 0.2) is 12.7 Å². The Kier molecular flexibility index (Phi) is 10.3. The first-order chi connectivity index (χ1) is 6.45. The summed E-state index contributed by atoms with van der Waals surface area (Å²) in [6.07, 6.45) is 3.55. The highest BCUT2D eigenvalue weighted by molar-refractivity contribution is 6.15. The highest BCUT2D eigenvalue weighted by Gasteiger charge is 2.06. The topological polar surface area (TPSA) is 26.3 Å². The van der Waals surface area contributed by atoms with Gasteiger partial charge in [-0.1, -0.05) is 6.58 Å².